The number of carbonyl (C=O) groups is 1. The number of amides is 1. The molecule has 0 heterocycles. The summed E-state index contributed by atoms with van der Waals surface area (Å²) in [5.74, 6) is 0.174. The second kappa shape index (κ2) is 7.04. The predicted molar refractivity (Wildman–Crippen MR) is 86.0 cm³/mol. The van der Waals surface area contributed by atoms with Crippen LogP contribution in [-0.2, 0) is 4.79 Å². The molecule has 1 N–H and O–H groups in total. The number of hydrogen-bond acceptors (Lipinski definition) is 4. The predicted octanol–water partition coefficient (Wildman–Crippen LogP) is 3.76. The molecule has 1 amide bonds. The summed E-state index contributed by atoms with van der Waals surface area (Å²) in [6, 6.07) is 12.8. The monoisotopic (exact) mass is 364 g/mol. The number of hydrogen-bond donors (Lipinski definition) is 1. The Balaban J connectivity index is 2.00. The summed E-state index contributed by atoms with van der Waals surface area (Å²) in [6.45, 7) is 1.61. The van der Waals surface area contributed by atoms with E-state index in [9.17, 15) is 14.9 Å². The third-order valence-corrected chi connectivity index (χ3v) is 3.35. The Kier molecular flexibility index (Phi) is 5.11. The number of carbonyl (C=O) groups excluding carboxylic acids is 1. The molecular weight excluding hydrogens is 352 g/mol. The Hall–Kier alpha value is -2.41. The second-order valence-corrected chi connectivity index (χ2v) is 5.43. The Morgan fingerprint density at radius 1 is 1.27 bits per heavy atom. The van der Waals surface area contributed by atoms with Crippen LogP contribution in [0.3, 0.4) is 0 Å². The number of nitro benzene ring substituents is 1. The van der Waals surface area contributed by atoms with Gasteiger partial charge in [0, 0.05) is 22.3 Å². The van der Waals surface area contributed by atoms with Gasteiger partial charge in [-0.3, -0.25) is 14.9 Å². The van der Waals surface area contributed by atoms with Crippen LogP contribution in [0.1, 0.15) is 6.92 Å². The van der Waals surface area contributed by atoms with Gasteiger partial charge in [0.05, 0.1) is 4.92 Å². The van der Waals surface area contributed by atoms with Gasteiger partial charge in [-0.05, 0) is 37.3 Å². The van der Waals surface area contributed by atoms with Crippen LogP contribution in [0.5, 0.6) is 5.75 Å². The topological polar surface area (TPSA) is 81.5 Å². The Morgan fingerprint density at radius 3 is 2.59 bits per heavy atom. The number of nitro groups is 1. The van der Waals surface area contributed by atoms with Gasteiger partial charge < -0.3 is 10.1 Å². The molecule has 1 atom stereocenters. The molecular formula is C15H13BrN2O4. The van der Waals surface area contributed by atoms with Crippen LogP contribution in [0, 0.1) is 10.1 Å². The molecule has 7 heteroatoms. The Bertz CT molecular complexity index is 688. The molecule has 2 aromatic carbocycles. The van der Waals surface area contributed by atoms with Gasteiger partial charge in [-0.1, -0.05) is 22.0 Å². The normalized spacial score (nSPS) is 11.5. The standard InChI is InChI=1S/C15H13BrN2O4/c1-10(22-14-7-5-11(16)6-8-14)15(19)17-12-3-2-4-13(9-12)18(20)21/h2-10H,1H3,(H,17,19)/t10-/m1/s1. The van der Waals surface area contributed by atoms with E-state index in [1.165, 1.54) is 18.2 Å². The van der Waals surface area contributed by atoms with Gasteiger partial charge in [-0.25, -0.2) is 0 Å². The van der Waals surface area contributed by atoms with Crippen molar-refractivity contribution in [1.29, 1.82) is 0 Å². The van der Waals surface area contributed by atoms with Crippen LogP contribution in [-0.4, -0.2) is 16.9 Å². The molecule has 0 aromatic heterocycles. The van der Waals surface area contributed by atoms with Crippen molar-refractivity contribution in [3.05, 3.63) is 63.1 Å². The minimum atomic E-state index is -0.736. The molecule has 2 rings (SSSR count). The number of anilines is 1. The lowest BCUT2D eigenvalue weighted by atomic mass is 10.2. The first-order chi connectivity index (χ1) is 10.5. The molecule has 114 valence electrons. The zero-order chi connectivity index (χ0) is 16.1. The van der Waals surface area contributed by atoms with Crippen LogP contribution in [0.15, 0.2) is 53.0 Å². The van der Waals surface area contributed by atoms with E-state index >= 15 is 0 Å². The van der Waals surface area contributed by atoms with Crippen LogP contribution in [0.25, 0.3) is 0 Å². The maximum absolute atomic E-state index is 12.0. The van der Waals surface area contributed by atoms with Gasteiger partial charge in [0.1, 0.15) is 5.75 Å². The summed E-state index contributed by atoms with van der Waals surface area (Å²) in [6.07, 6.45) is -0.736. The molecule has 0 saturated heterocycles. The molecule has 0 fully saturated rings. The number of nitrogens with one attached hydrogen (secondary N) is 1. The number of nitrogens with zero attached hydrogens (tertiary/aromatic N) is 1. The van der Waals surface area contributed by atoms with Crippen molar-refractivity contribution in [1.82, 2.24) is 0 Å². The molecule has 0 aliphatic carbocycles. The first-order valence-electron chi connectivity index (χ1n) is 6.43. The highest BCUT2D eigenvalue weighted by Gasteiger charge is 2.16. The zero-order valence-corrected chi connectivity index (χ0v) is 13.2. The van der Waals surface area contributed by atoms with E-state index in [0.717, 1.165) is 4.47 Å². The summed E-state index contributed by atoms with van der Waals surface area (Å²) >= 11 is 3.31. The molecule has 0 aliphatic heterocycles. The van der Waals surface area contributed by atoms with Crippen LogP contribution >= 0.6 is 15.9 Å². The number of ether oxygens (including phenoxy) is 1. The van der Waals surface area contributed by atoms with Crippen LogP contribution < -0.4 is 10.1 Å². The average molecular weight is 365 g/mol. The number of halogens is 1. The summed E-state index contributed by atoms with van der Waals surface area (Å²) in [5, 5.41) is 13.3. The Labute approximate surface area is 135 Å². The summed E-state index contributed by atoms with van der Waals surface area (Å²) in [7, 11) is 0. The van der Waals surface area contributed by atoms with Crippen molar-refractivity contribution in [2.24, 2.45) is 0 Å². The SMILES string of the molecule is C[C@@H](Oc1ccc(Br)cc1)C(=O)Nc1cccc([N+](=O)[O-])c1. The van der Waals surface area contributed by atoms with Crippen molar-refractivity contribution in [2.75, 3.05) is 5.32 Å². The maximum atomic E-state index is 12.0. The van der Waals surface area contributed by atoms with Crippen LogP contribution in [0.2, 0.25) is 0 Å². The highest BCUT2D eigenvalue weighted by molar-refractivity contribution is 9.10. The number of benzene rings is 2. The quantitative estimate of drug-likeness (QED) is 0.646. The first-order valence-corrected chi connectivity index (χ1v) is 7.22. The summed E-state index contributed by atoms with van der Waals surface area (Å²) in [5.41, 5.74) is 0.268. The average Bonchev–Trinajstić information content (AvgIpc) is 2.49. The van der Waals surface area contributed by atoms with Crippen molar-refractivity contribution in [3.63, 3.8) is 0 Å². The smallest absolute Gasteiger partial charge is 0.271 e. The molecule has 0 spiro atoms. The molecule has 0 bridgehead atoms. The molecule has 2 aromatic rings. The van der Waals surface area contributed by atoms with E-state index in [4.69, 9.17) is 4.74 Å². The zero-order valence-electron chi connectivity index (χ0n) is 11.7. The lowest BCUT2D eigenvalue weighted by molar-refractivity contribution is -0.384. The summed E-state index contributed by atoms with van der Waals surface area (Å²) in [4.78, 5) is 22.2. The summed E-state index contributed by atoms with van der Waals surface area (Å²) < 4.78 is 6.42. The minimum absolute atomic E-state index is 0.0840. The van der Waals surface area contributed by atoms with Gasteiger partial charge in [0.15, 0.2) is 6.10 Å². The fourth-order valence-electron chi connectivity index (χ4n) is 1.71. The van der Waals surface area contributed by atoms with E-state index in [2.05, 4.69) is 21.2 Å². The Morgan fingerprint density at radius 2 is 1.95 bits per heavy atom. The highest BCUT2D eigenvalue weighted by atomic mass is 79.9. The fourth-order valence-corrected chi connectivity index (χ4v) is 1.98. The second-order valence-electron chi connectivity index (χ2n) is 4.51. The minimum Gasteiger partial charge on any atom is -0.481 e. The van der Waals surface area contributed by atoms with Gasteiger partial charge in [-0.15, -0.1) is 0 Å². The van der Waals surface area contributed by atoms with Gasteiger partial charge >= 0.3 is 0 Å². The van der Waals surface area contributed by atoms with E-state index < -0.39 is 11.0 Å². The molecule has 6 nitrogen and oxygen atoms in total. The maximum Gasteiger partial charge on any atom is 0.271 e. The molecule has 0 radical (unpaired) electrons. The fraction of sp³-hybridized carbons (Fsp3) is 0.133. The number of rotatable bonds is 5. The molecule has 22 heavy (non-hydrogen) atoms. The van der Waals surface area contributed by atoms with Crippen molar-refractivity contribution in [2.45, 2.75) is 13.0 Å². The molecule has 0 aliphatic rings. The van der Waals surface area contributed by atoms with Gasteiger partial charge in [-0.2, -0.15) is 0 Å². The van der Waals surface area contributed by atoms with E-state index in [1.807, 2.05) is 0 Å². The van der Waals surface area contributed by atoms with E-state index in [0.29, 0.717) is 11.4 Å². The largest absolute Gasteiger partial charge is 0.481 e. The van der Waals surface area contributed by atoms with Crippen LogP contribution in [0.4, 0.5) is 11.4 Å². The highest BCUT2D eigenvalue weighted by Crippen LogP contribution is 2.19. The number of non-ortho nitro benzene ring substituents is 1. The van der Waals surface area contributed by atoms with E-state index in [1.54, 1.807) is 37.3 Å². The van der Waals surface area contributed by atoms with E-state index in [-0.39, 0.29) is 11.6 Å². The molecule has 0 unspecified atom stereocenters. The van der Waals surface area contributed by atoms with Crippen molar-refractivity contribution >= 4 is 33.2 Å². The lowest BCUT2D eigenvalue weighted by Gasteiger charge is -2.14. The van der Waals surface area contributed by atoms with Gasteiger partial charge in [0.25, 0.3) is 11.6 Å². The third-order valence-electron chi connectivity index (χ3n) is 2.82. The lowest BCUT2D eigenvalue weighted by Crippen LogP contribution is -2.30. The van der Waals surface area contributed by atoms with Crippen molar-refractivity contribution in [3.8, 4) is 5.75 Å². The first kappa shape index (κ1) is 16.0. The third kappa shape index (κ3) is 4.29. The van der Waals surface area contributed by atoms with Crippen molar-refractivity contribution < 1.29 is 14.5 Å². The molecule has 0 saturated carbocycles. The van der Waals surface area contributed by atoms with Gasteiger partial charge in [0.2, 0.25) is 0 Å².